The normalized spacial score (nSPS) is 18.7. The van der Waals surface area contributed by atoms with Crippen LogP contribution in [0.25, 0.3) is 17.2 Å². The van der Waals surface area contributed by atoms with Crippen molar-refractivity contribution in [1.82, 2.24) is 39.3 Å². The van der Waals surface area contributed by atoms with Crippen LogP contribution < -0.4 is 5.32 Å². The maximum atomic E-state index is 14.1. The Morgan fingerprint density at radius 1 is 1.16 bits per heavy atom. The molecule has 6 rings (SSSR count). The van der Waals surface area contributed by atoms with E-state index >= 15 is 0 Å². The second kappa shape index (κ2) is 8.87. The first-order chi connectivity index (χ1) is 18.2. The molecule has 0 fully saturated rings. The van der Waals surface area contributed by atoms with E-state index < -0.39 is 29.7 Å². The smallest absolute Gasteiger partial charge is 0.324 e. The standard InChI is InChI=1S/C24H17ClF3N9O/c1-24(12-8-33-36(11-12)23(27)28)7-14(15-10-31-18-6-17(26)35-37(18)20(15)24)22(38)34-13-5-16(25)19(32-9-13)21-29-3-2-4-30-21/h2-6,8-11,14,23H,7H2,1H3,(H,34,38)/t14-,24-/m0/s1. The molecule has 0 aromatic carbocycles. The largest absolute Gasteiger partial charge is 0.333 e. The molecule has 0 saturated heterocycles. The average molecular weight is 540 g/mol. The summed E-state index contributed by atoms with van der Waals surface area (Å²) in [4.78, 5) is 30.3. The molecule has 5 heterocycles. The summed E-state index contributed by atoms with van der Waals surface area (Å²) in [6.07, 6.45) is 8.74. The number of nitrogens with one attached hydrogen (secondary N) is 1. The Balaban J connectivity index is 1.37. The molecular formula is C24H17ClF3N9O. The van der Waals surface area contributed by atoms with Gasteiger partial charge in [-0.05, 0) is 25.5 Å². The number of carbonyl (C=O) groups is 1. The lowest BCUT2D eigenvalue weighted by Crippen LogP contribution is -2.25. The van der Waals surface area contributed by atoms with Gasteiger partial charge in [0.1, 0.15) is 5.69 Å². The minimum absolute atomic E-state index is 0.169. The Morgan fingerprint density at radius 2 is 1.95 bits per heavy atom. The van der Waals surface area contributed by atoms with Crippen molar-refractivity contribution in [3.8, 4) is 11.5 Å². The first-order valence-corrected chi connectivity index (χ1v) is 11.7. The van der Waals surface area contributed by atoms with Crippen molar-refractivity contribution in [2.45, 2.75) is 31.2 Å². The minimum Gasteiger partial charge on any atom is -0.324 e. The van der Waals surface area contributed by atoms with Gasteiger partial charge in [-0.2, -0.15) is 18.3 Å². The molecule has 192 valence electrons. The van der Waals surface area contributed by atoms with Gasteiger partial charge in [0.2, 0.25) is 11.9 Å². The molecule has 1 N–H and O–H groups in total. The van der Waals surface area contributed by atoms with Crippen molar-refractivity contribution in [2.24, 2.45) is 0 Å². The molecule has 0 aliphatic heterocycles. The molecule has 0 radical (unpaired) electrons. The number of hydrogen-bond acceptors (Lipinski definition) is 7. The van der Waals surface area contributed by atoms with Gasteiger partial charge >= 0.3 is 6.55 Å². The summed E-state index contributed by atoms with van der Waals surface area (Å²) in [6, 6.07) is 4.35. The van der Waals surface area contributed by atoms with Gasteiger partial charge in [-0.3, -0.25) is 4.79 Å². The molecule has 5 aromatic heterocycles. The SMILES string of the molecule is C[C@@]1(c2cnn(C(F)F)c2)C[C@H](C(=O)Nc2cnc(-c3ncccn3)c(Cl)c2)c2cnc3cc(F)nn3c21. The second-order valence-corrected chi connectivity index (χ2v) is 9.40. The molecular weight excluding hydrogens is 523 g/mol. The number of nitrogens with zero attached hydrogens (tertiary/aromatic N) is 8. The van der Waals surface area contributed by atoms with Crippen LogP contribution in [0.5, 0.6) is 0 Å². The summed E-state index contributed by atoms with van der Waals surface area (Å²) >= 11 is 6.39. The number of anilines is 1. The number of halogens is 4. The zero-order chi connectivity index (χ0) is 26.6. The maximum absolute atomic E-state index is 14.1. The molecule has 0 saturated carbocycles. The number of alkyl halides is 2. The number of amides is 1. The van der Waals surface area contributed by atoms with Crippen molar-refractivity contribution < 1.29 is 18.0 Å². The number of hydrogen-bond donors (Lipinski definition) is 1. The van der Waals surface area contributed by atoms with Gasteiger partial charge in [0.05, 0.1) is 34.7 Å². The third kappa shape index (κ3) is 3.86. The fraction of sp³-hybridized carbons (Fsp3) is 0.208. The summed E-state index contributed by atoms with van der Waals surface area (Å²) in [5.41, 5.74) is 1.28. The van der Waals surface area contributed by atoms with Crippen LogP contribution in [0.4, 0.5) is 18.9 Å². The summed E-state index contributed by atoms with van der Waals surface area (Å²) in [7, 11) is 0. The third-order valence-electron chi connectivity index (χ3n) is 6.63. The Kier molecular flexibility index (Phi) is 5.60. The van der Waals surface area contributed by atoms with E-state index in [1.54, 1.807) is 25.4 Å². The van der Waals surface area contributed by atoms with Gasteiger partial charge < -0.3 is 5.32 Å². The molecule has 0 unspecified atom stereocenters. The van der Waals surface area contributed by atoms with Crippen molar-refractivity contribution >= 4 is 28.8 Å². The van der Waals surface area contributed by atoms with Gasteiger partial charge in [0.25, 0.3) is 0 Å². The first-order valence-electron chi connectivity index (χ1n) is 11.4. The summed E-state index contributed by atoms with van der Waals surface area (Å²) < 4.78 is 42.5. The van der Waals surface area contributed by atoms with Crippen LogP contribution in [0.1, 0.15) is 42.6 Å². The number of pyridine rings is 1. The van der Waals surface area contributed by atoms with Crippen LogP contribution in [0.15, 0.2) is 55.4 Å². The highest BCUT2D eigenvalue weighted by atomic mass is 35.5. The Morgan fingerprint density at radius 3 is 2.66 bits per heavy atom. The topological polar surface area (TPSA) is 116 Å². The molecule has 1 aliphatic rings. The zero-order valence-electron chi connectivity index (χ0n) is 19.6. The van der Waals surface area contributed by atoms with Crippen LogP contribution in [0.3, 0.4) is 0 Å². The quantitative estimate of drug-likeness (QED) is 0.352. The fourth-order valence-electron chi connectivity index (χ4n) is 4.88. The highest BCUT2D eigenvalue weighted by Gasteiger charge is 2.48. The molecule has 2 atom stereocenters. The summed E-state index contributed by atoms with van der Waals surface area (Å²) in [5, 5.41) is 10.7. The lowest BCUT2D eigenvalue weighted by atomic mass is 9.80. The van der Waals surface area contributed by atoms with Gasteiger partial charge in [-0.15, -0.1) is 5.10 Å². The van der Waals surface area contributed by atoms with E-state index in [2.05, 4.69) is 35.5 Å². The van der Waals surface area contributed by atoms with Crippen LogP contribution >= 0.6 is 11.6 Å². The van der Waals surface area contributed by atoms with Crippen LogP contribution in [-0.2, 0) is 10.2 Å². The average Bonchev–Trinajstić information content (AvgIpc) is 3.60. The fourth-order valence-corrected chi connectivity index (χ4v) is 5.13. The molecule has 5 aromatic rings. The van der Waals surface area contributed by atoms with Crippen molar-refractivity contribution in [2.75, 3.05) is 5.32 Å². The van der Waals surface area contributed by atoms with Gasteiger partial charge in [0, 0.05) is 47.4 Å². The van der Waals surface area contributed by atoms with Gasteiger partial charge in [0.15, 0.2) is 11.5 Å². The maximum Gasteiger partial charge on any atom is 0.333 e. The molecule has 14 heteroatoms. The van der Waals surface area contributed by atoms with E-state index in [-0.39, 0.29) is 17.1 Å². The number of rotatable bonds is 5. The van der Waals surface area contributed by atoms with Crippen LogP contribution in [0.2, 0.25) is 5.02 Å². The third-order valence-corrected chi connectivity index (χ3v) is 6.92. The lowest BCUT2D eigenvalue weighted by molar-refractivity contribution is -0.117. The molecule has 1 aliphatic carbocycles. The van der Waals surface area contributed by atoms with E-state index in [9.17, 15) is 18.0 Å². The zero-order valence-corrected chi connectivity index (χ0v) is 20.3. The minimum atomic E-state index is -2.84. The Bertz CT molecular complexity index is 1690. The van der Waals surface area contributed by atoms with Crippen molar-refractivity contribution in [1.29, 1.82) is 0 Å². The van der Waals surface area contributed by atoms with Crippen molar-refractivity contribution in [3.63, 3.8) is 0 Å². The second-order valence-electron chi connectivity index (χ2n) is 8.99. The highest BCUT2D eigenvalue weighted by Crippen LogP contribution is 2.50. The number of carbonyl (C=O) groups excluding carboxylic acids is 1. The van der Waals surface area contributed by atoms with E-state index in [1.807, 2.05) is 0 Å². The Labute approximate surface area is 217 Å². The van der Waals surface area contributed by atoms with E-state index in [4.69, 9.17) is 11.6 Å². The van der Waals surface area contributed by atoms with Gasteiger partial charge in [-0.1, -0.05) is 11.6 Å². The highest BCUT2D eigenvalue weighted by molar-refractivity contribution is 6.33. The monoisotopic (exact) mass is 539 g/mol. The summed E-state index contributed by atoms with van der Waals surface area (Å²) in [6.45, 7) is -1.06. The van der Waals surface area contributed by atoms with E-state index in [1.165, 1.54) is 35.4 Å². The van der Waals surface area contributed by atoms with Gasteiger partial charge in [-0.25, -0.2) is 29.1 Å². The lowest BCUT2D eigenvalue weighted by Gasteiger charge is -2.24. The predicted molar refractivity (Wildman–Crippen MR) is 129 cm³/mol. The molecule has 38 heavy (non-hydrogen) atoms. The van der Waals surface area contributed by atoms with Crippen molar-refractivity contribution in [3.05, 3.63) is 83.2 Å². The summed E-state index contributed by atoms with van der Waals surface area (Å²) in [5.74, 6) is -1.61. The van der Waals surface area contributed by atoms with Crippen LogP contribution in [-0.4, -0.2) is 45.2 Å². The number of fused-ring (bicyclic) bond motifs is 3. The molecule has 1 amide bonds. The predicted octanol–water partition coefficient (Wildman–Crippen LogP) is 4.40. The molecule has 10 nitrogen and oxygen atoms in total. The molecule has 0 spiro atoms. The first kappa shape index (κ1) is 24.0. The van der Waals surface area contributed by atoms with Crippen LogP contribution in [0, 0.1) is 5.95 Å². The Hall–Kier alpha value is -4.39. The van der Waals surface area contributed by atoms with E-state index in [0.717, 1.165) is 6.07 Å². The number of aromatic nitrogens is 8. The molecule has 0 bridgehead atoms. The van der Waals surface area contributed by atoms with E-state index in [0.29, 0.717) is 38.7 Å².